The van der Waals surface area contributed by atoms with Crippen LogP contribution in [0.2, 0.25) is 0 Å². The number of hydrogen-bond donors (Lipinski definition) is 1. The summed E-state index contributed by atoms with van der Waals surface area (Å²) in [6.45, 7) is 0.732. The number of carbonyl (C=O) groups excluding carboxylic acids is 1. The lowest BCUT2D eigenvalue weighted by Gasteiger charge is -2.14. The molecule has 156 valence electrons. The second-order valence-corrected chi connectivity index (χ2v) is 6.92. The molecule has 0 bridgehead atoms. The van der Waals surface area contributed by atoms with Crippen LogP contribution in [0.4, 0.5) is 10.1 Å². The summed E-state index contributed by atoms with van der Waals surface area (Å²) in [7, 11) is 1.59. The van der Waals surface area contributed by atoms with Crippen LogP contribution in [0.15, 0.2) is 79.0 Å². The molecule has 0 saturated carbocycles. The fourth-order valence-electron chi connectivity index (χ4n) is 3.23. The number of carbonyl (C=O) groups is 1. The molecule has 0 spiro atoms. The largest absolute Gasteiger partial charge is 0.491 e. The third-order valence-corrected chi connectivity index (χ3v) is 4.81. The van der Waals surface area contributed by atoms with E-state index in [-0.39, 0.29) is 11.7 Å². The van der Waals surface area contributed by atoms with Crippen LogP contribution in [0, 0.1) is 5.82 Å². The molecule has 0 radical (unpaired) electrons. The second kappa shape index (κ2) is 9.36. The molecule has 0 saturated heterocycles. The third kappa shape index (κ3) is 4.87. The van der Waals surface area contributed by atoms with Crippen LogP contribution >= 0.6 is 0 Å². The van der Waals surface area contributed by atoms with E-state index in [2.05, 4.69) is 10.3 Å². The number of halogens is 1. The second-order valence-electron chi connectivity index (χ2n) is 6.92. The first-order valence-corrected chi connectivity index (χ1v) is 9.82. The van der Waals surface area contributed by atoms with Crippen LogP contribution in [0.3, 0.4) is 0 Å². The molecule has 5 nitrogen and oxygen atoms in total. The van der Waals surface area contributed by atoms with Gasteiger partial charge in [-0.2, -0.15) is 0 Å². The lowest BCUT2D eigenvalue weighted by atomic mass is 10.0. The van der Waals surface area contributed by atoms with Gasteiger partial charge in [0.2, 0.25) is 0 Å². The number of anilines is 1. The van der Waals surface area contributed by atoms with Crippen molar-refractivity contribution in [2.45, 2.75) is 0 Å². The normalized spacial score (nSPS) is 10.8. The van der Waals surface area contributed by atoms with E-state index < -0.39 is 0 Å². The highest BCUT2D eigenvalue weighted by atomic mass is 19.1. The third-order valence-electron chi connectivity index (χ3n) is 4.81. The van der Waals surface area contributed by atoms with Crippen molar-refractivity contribution in [3.05, 3.63) is 90.4 Å². The van der Waals surface area contributed by atoms with Gasteiger partial charge in [0.1, 0.15) is 18.2 Å². The molecule has 4 rings (SSSR count). The van der Waals surface area contributed by atoms with Gasteiger partial charge in [0.25, 0.3) is 5.91 Å². The Morgan fingerprint density at radius 3 is 2.65 bits per heavy atom. The van der Waals surface area contributed by atoms with Crippen LogP contribution in [0.5, 0.6) is 5.75 Å². The average molecular weight is 416 g/mol. The van der Waals surface area contributed by atoms with Crippen molar-refractivity contribution in [2.24, 2.45) is 0 Å². The van der Waals surface area contributed by atoms with Gasteiger partial charge in [0.05, 0.1) is 12.1 Å². The molecule has 0 atom stereocenters. The number of hydrogen-bond acceptors (Lipinski definition) is 4. The minimum absolute atomic E-state index is 0.266. The Morgan fingerprint density at radius 2 is 1.84 bits per heavy atom. The lowest BCUT2D eigenvalue weighted by molar-refractivity contribution is 0.102. The topological polar surface area (TPSA) is 60.5 Å². The Labute approximate surface area is 179 Å². The van der Waals surface area contributed by atoms with Crippen molar-refractivity contribution in [1.82, 2.24) is 4.98 Å². The van der Waals surface area contributed by atoms with E-state index in [9.17, 15) is 9.18 Å². The number of nitrogens with zero attached hydrogens (tertiary/aromatic N) is 1. The molecule has 6 heteroatoms. The molecule has 3 aromatic carbocycles. The number of rotatable bonds is 7. The van der Waals surface area contributed by atoms with Gasteiger partial charge in [0.15, 0.2) is 0 Å². The number of ether oxygens (including phenoxy) is 2. The summed E-state index contributed by atoms with van der Waals surface area (Å²) >= 11 is 0. The van der Waals surface area contributed by atoms with Crippen LogP contribution < -0.4 is 10.1 Å². The Balaban J connectivity index is 1.61. The quantitative estimate of drug-likeness (QED) is 0.414. The fourth-order valence-corrected chi connectivity index (χ4v) is 3.23. The molecule has 1 N–H and O–H groups in total. The van der Waals surface area contributed by atoms with Gasteiger partial charge in [0, 0.05) is 35.5 Å². The molecule has 0 unspecified atom stereocenters. The van der Waals surface area contributed by atoms with Gasteiger partial charge in [-0.25, -0.2) is 4.39 Å². The van der Waals surface area contributed by atoms with Crippen LogP contribution in [0.25, 0.3) is 22.0 Å². The van der Waals surface area contributed by atoms with Gasteiger partial charge in [-0.05, 0) is 54.1 Å². The molecule has 1 amide bonds. The van der Waals surface area contributed by atoms with E-state index in [1.165, 1.54) is 12.1 Å². The first-order valence-electron chi connectivity index (χ1n) is 9.82. The van der Waals surface area contributed by atoms with Gasteiger partial charge in [-0.15, -0.1) is 0 Å². The van der Waals surface area contributed by atoms with E-state index in [0.29, 0.717) is 30.2 Å². The van der Waals surface area contributed by atoms with Crippen LogP contribution in [-0.4, -0.2) is 31.2 Å². The summed E-state index contributed by atoms with van der Waals surface area (Å²) in [5, 5.41) is 3.90. The molecule has 1 aromatic heterocycles. The predicted molar refractivity (Wildman–Crippen MR) is 119 cm³/mol. The molecule has 0 aliphatic heterocycles. The Bertz CT molecular complexity index is 1210. The molecule has 0 aliphatic rings. The predicted octanol–water partition coefficient (Wildman–Crippen LogP) is 5.32. The van der Waals surface area contributed by atoms with Crippen LogP contribution in [-0.2, 0) is 4.74 Å². The minimum Gasteiger partial charge on any atom is -0.491 e. The van der Waals surface area contributed by atoms with Crippen LogP contribution in [0.1, 0.15) is 10.4 Å². The van der Waals surface area contributed by atoms with E-state index in [4.69, 9.17) is 9.47 Å². The number of aromatic nitrogens is 1. The SMILES string of the molecule is COCCOc1cc(C(=O)Nc2ccc3cccnc3c2)ccc1-c1ccc(F)cc1. The zero-order chi connectivity index (χ0) is 21.6. The minimum atomic E-state index is -0.313. The van der Waals surface area contributed by atoms with E-state index in [1.807, 2.05) is 30.3 Å². The number of pyridine rings is 1. The van der Waals surface area contributed by atoms with E-state index in [1.54, 1.807) is 43.6 Å². The summed E-state index contributed by atoms with van der Waals surface area (Å²) in [6.07, 6.45) is 1.71. The van der Waals surface area contributed by atoms with Gasteiger partial charge < -0.3 is 14.8 Å². The van der Waals surface area contributed by atoms with E-state index in [0.717, 1.165) is 22.0 Å². The maximum absolute atomic E-state index is 13.3. The maximum atomic E-state index is 13.3. The van der Waals surface area contributed by atoms with Gasteiger partial charge in [-0.1, -0.05) is 24.3 Å². The smallest absolute Gasteiger partial charge is 0.255 e. The number of benzene rings is 3. The highest BCUT2D eigenvalue weighted by molar-refractivity contribution is 6.05. The molecule has 0 fully saturated rings. The lowest BCUT2D eigenvalue weighted by Crippen LogP contribution is -2.13. The van der Waals surface area contributed by atoms with Gasteiger partial charge >= 0.3 is 0 Å². The zero-order valence-electron chi connectivity index (χ0n) is 17.0. The Hall–Kier alpha value is -3.77. The summed E-state index contributed by atoms with van der Waals surface area (Å²) in [5.74, 6) is -0.0551. The van der Waals surface area contributed by atoms with Crippen molar-refractivity contribution in [3.63, 3.8) is 0 Å². The Morgan fingerprint density at radius 1 is 1.00 bits per heavy atom. The van der Waals surface area contributed by atoms with Crippen molar-refractivity contribution in [3.8, 4) is 16.9 Å². The van der Waals surface area contributed by atoms with Crippen molar-refractivity contribution < 1.29 is 18.7 Å². The monoisotopic (exact) mass is 416 g/mol. The van der Waals surface area contributed by atoms with Gasteiger partial charge in [-0.3, -0.25) is 9.78 Å². The zero-order valence-corrected chi connectivity index (χ0v) is 17.0. The standard InChI is InChI=1S/C25H21FN2O3/c1-30-13-14-31-24-15-19(7-11-22(24)17-4-8-20(26)9-5-17)25(29)28-21-10-6-18-3-2-12-27-23(18)16-21/h2-12,15-16H,13-14H2,1H3,(H,28,29). The van der Waals surface area contributed by atoms with E-state index >= 15 is 0 Å². The number of amides is 1. The number of fused-ring (bicyclic) bond motifs is 1. The molecule has 31 heavy (non-hydrogen) atoms. The van der Waals surface area contributed by atoms with Crippen molar-refractivity contribution >= 4 is 22.5 Å². The molecular weight excluding hydrogens is 395 g/mol. The molecule has 0 aliphatic carbocycles. The summed E-state index contributed by atoms with van der Waals surface area (Å²) < 4.78 is 24.2. The first-order chi connectivity index (χ1) is 15.1. The Kier molecular flexibility index (Phi) is 6.19. The molecular formula is C25H21FN2O3. The fraction of sp³-hybridized carbons (Fsp3) is 0.120. The summed E-state index contributed by atoms with van der Waals surface area (Å²) in [4.78, 5) is 17.2. The first kappa shape index (κ1) is 20.5. The van der Waals surface area contributed by atoms with Crippen molar-refractivity contribution in [2.75, 3.05) is 25.6 Å². The number of nitrogens with one attached hydrogen (secondary N) is 1. The molecule has 4 aromatic rings. The summed E-state index contributed by atoms with van der Waals surface area (Å²) in [5.41, 5.74) is 3.46. The summed E-state index contributed by atoms with van der Waals surface area (Å²) in [6, 6.07) is 20.7. The highest BCUT2D eigenvalue weighted by Gasteiger charge is 2.13. The maximum Gasteiger partial charge on any atom is 0.255 e. The average Bonchev–Trinajstić information content (AvgIpc) is 2.80. The molecule has 1 heterocycles. The number of methoxy groups -OCH3 is 1. The highest BCUT2D eigenvalue weighted by Crippen LogP contribution is 2.31. The van der Waals surface area contributed by atoms with Crippen molar-refractivity contribution in [1.29, 1.82) is 0 Å².